The van der Waals surface area contributed by atoms with Crippen LogP contribution in [0.15, 0.2) is 47.8 Å². The van der Waals surface area contributed by atoms with Crippen LogP contribution in [-0.2, 0) is 4.79 Å². The number of anilines is 1. The maximum atomic E-state index is 12.0. The molecule has 1 aromatic carbocycles. The average Bonchev–Trinajstić information content (AvgIpc) is 3.30. The molecule has 1 fully saturated rings. The highest BCUT2D eigenvalue weighted by Gasteiger charge is 2.23. The third-order valence-electron chi connectivity index (χ3n) is 4.37. The summed E-state index contributed by atoms with van der Waals surface area (Å²) in [6, 6.07) is 14.0. The molecule has 1 unspecified atom stereocenters. The van der Waals surface area contributed by atoms with Crippen molar-refractivity contribution in [2.75, 3.05) is 24.5 Å². The average molecular weight is 342 g/mol. The first kappa shape index (κ1) is 16.7. The van der Waals surface area contributed by atoms with Gasteiger partial charge in [0.25, 0.3) is 0 Å². The van der Waals surface area contributed by atoms with E-state index in [4.69, 9.17) is 0 Å². The van der Waals surface area contributed by atoms with E-state index in [1.807, 2.05) is 23.6 Å². The van der Waals surface area contributed by atoms with Crippen LogP contribution in [0.5, 0.6) is 0 Å². The zero-order valence-corrected chi connectivity index (χ0v) is 14.4. The molecular formula is C19H22N2O2S. The first-order chi connectivity index (χ1) is 11.7. The molecule has 3 rings (SSSR count). The Labute approximate surface area is 146 Å². The fraction of sp³-hybridized carbons (Fsp3) is 0.368. The van der Waals surface area contributed by atoms with Gasteiger partial charge in [0.15, 0.2) is 5.78 Å². The lowest BCUT2D eigenvalue weighted by Crippen LogP contribution is -2.31. The lowest BCUT2D eigenvalue weighted by atomic mass is 10.1. The van der Waals surface area contributed by atoms with E-state index >= 15 is 0 Å². The van der Waals surface area contributed by atoms with Gasteiger partial charge in [0.2, 0.25) is 5.91 Å². The van der Waals surface area contributed by atoms with Gasteiger partial charge in [-0.2, -0.15) is 0 Å². The lowest BCUT2D eigenvalue weighted by molar-refractivity contribution is -0.121. The number of rotatable bonds is 7. The second-order valence-electron chi connectivity index (χ2n) is 6.14. The summed E-state index contributed by atoms with van der Waals surface area (Å²) >= 11 is 1.43. The van der Waals surface area contributed by atoms with Crippen LogP contribution in [0.2, 0.25) is 0 Å². The molecule has 2 aromatic rings. The van der Waals surface area contributed by atoms with E-state index < -0.39 is 0 Å². The van der Waals surface area contributed by atoms with E-state index in [2.05, 4.69) is 34.5 Å². The Morgan fingerprint density at radius 2 is 1.96 bits per heavy atom. The van der Waals surface area contributed by atoms with Gasteiger partial charge in [-0.15, -0.1) is 11.3 Å². The summed E-state index contributed by atoms with van der Waals surface area (Å²) in [6.07, 6.45) is 1.64. The molecule has 4 nitrogen and oxygen atoms in total. The predicted octanol–water partition coefficient (Wildman–Crippen LogP) is 3.35. The van der Waals surface area contributed by atoms with Gasteiger partial charge in [0.05, 0.1) is 4.88 Å². The Kier molecular flexibility index (Phi) is 5.64. The van der Waals surface area contributed by atoms with Gasteiger partial charge in [-0.25, -0.2) is 0 Å². The van der Waals surface area contributed by atoms with E-state index in [9.17, 15) is 9.59 Å². The number of hydrogen-bond acceptors (Lipinski definition) is 4. The van der Waals surface area contributed by atoms with Crippen LogP contribution < -0.4 is 10.2 Å². The van der Waals surface area contributed by atoms with Crippen molar-refractivity contribution < 1.29 is 9.59 Å². The fourth-order valence-electron chi connectivity index (χ4n) is 3.01. The summed E-state index contributed by atoms with van der Waals surface area (Å²) in [5.74, 6) is 0.497. The molecule has 5 heteroatoms. The van der Waals surface area contributed by atoms with Crippen LogP contribution in [0.3, 0.4) is 0 Å². The number of para-hydroxylation sites is 1. The Hall–Kier alpha value is -2.14. The quantitative estimate of drug-likeness (QED) is 0.785. The highest BCUT2D eigenvalue weighted by atomic mass is 32.1. The van der Waals surface area contributed by atoms with Gasteiger partial charge in [-0.1, -0.05) is 24.3 Å². The first-order valence-corrected chi connectivity index (χ1v) is 9.24. The number of nitrogens with one attached hydrogen (secondary N) is 1. The van der Waals surface area contributed by atoms with Crippen molar-refractivity contribution in [1.29, 1.82) is 0 Å². The number of hydrogen-bond donors (Lipinski definition) is 1. The number of amides is 1. The monoisotopic (exact) mass is 342 g/mol. The van der Waals surface area contributed by atoms with Gasteiger partial charge in [-0.05, 0) is 35.9 Å². The molecule has 1 amide bonds. The molecule has 126 valence electrons. The third-order valence-corrected chi connectivity index (χ3v) is 5.28. The number of benzene rings is 1. The molecule has 0 aliphatic carbocycles. The van der Waals surface area contributed by atoms with Crippen LogP contribution in [0.1, 0.15) is 28.9 Å². The highest BCUT2D eigenvalue weighted by molar-refractivity contribution is 7.12. The van der Waals surface area contributed by atoms with Gasteiger partial charge in [0.1, 0.15) is 0 Å². The van der Waals surface area contributed by atoms with Gasteiger partial charge in [-0.3, -0.25) is 9.59 Å². The number of thiophene rings is 1. The second kappa shape index (κ2) is 8.11. The second-order valence-corrected chi connectivity index (χ2v) is 7.09. The summed E-state index contributed by atoms with van der Waals surface area (Å²) in [5.41, 5.74) is 1.24. The molecule has 24 heavy (non-hydrogen) atoms. The molecule has 2 heterocycles. The Balaban J connectivity index is 1.37. The molecule has 1 N–H and O–H groups in total. The third kappa shape index (κ3) is 4.45. The van der Waals surface area contributed by atoms with E-state index in [1.165, 1.54) is 17.0 Å². The summed E-state index contributed by atoms with van der Waals surface area (Å²) < 4.78 is 0. The molecule has 0 radical (unpaired) electrons. The van der Waals surface area contributed by atoms with Crippen LogP contribution >= 0.6 is 11.3 Å². The highest BCUT2D eigenvalue weighted by Crippen LogP contribution is 2.23. The number of ketones is 1. The summed E-state index contributed by atoms with van der Waals surface area (Å²) in [7, 11) is 0. The topological polar surface area (TPSA) is 49.4 Å². The Morgan fingerprint density at radius 3 is 2.71 bits per heavy atom. The minimum atomic E-state index is -0.0296. The van der Waals surface area contributed by atoms with Crippen LogP contribution in [-0.4, -0.2) is 31.3 Å². The zero-order chi connectivity index (χ0) is 16.8. The van der Waals surface area contributed by atoms with Crippen LogP contribution in [0.25, 0.3) is 0 Å². The molecule has 1 aromatic heterocycles. The van der Waals surface area contributed by atoms with Crippen molar-refractivity contribution in [3.05, 3.63) is 52.7 Å². The fourth-order valence-corrected chi connectivity index (χ4v) is 3.70. The molecule has 0 spiro atoms. The molecule has 1 atom stereocenters. The van der Waals surface area contributed by atoms with Crippen molar-refractivity contribution in [1.82, 2.24) is 5.32 Å². The maximum Gasteiger partial charge on any atom is 0.220 e. The number of nitrogens with zero attached hydrogens (tertiary/aromatic N) is 1. The van der Waals surface area contributed by atoms with E-state index in [0.717, 1.165) is 24.4 Å². The zero-order valence-electron chi connectivity index (χ0n) is 13.6. The van der Waals surface area contributed by atoms with Crippen LogP contribution in [0, 0.1) is 5.92 Å². The van der Waals surface area contributed by atoms with Gasteiger partial charge in [0, 0.05) is 38.2 Å². The lowest BCUT2D eigenvalue weighted by Gasteiger charge is -2.18. The normalized spacial score (nSPS) is 17.0. The van der Waals surface area contributed by atoms with Gasteiger partial charge >= 0.3 is 0 Å². The first-order valence-electron chi connectivity index (χ1n) is 8.36. The maximum absolute atomic E-state index is 12.0. The number of carbonyl (C=O) groups is 2. The SMILES string of the molecule is O=C(CCC(=O)c1cccs1)NCC1CCN(c2ccccc2)C1. The number of carbonyl (C=O) groups excluding carboxylic acids is 2. The van der Waals surface area contributed by atoms with E-state index in [1.54, 1.807) is 0 Å². The molecule has 1 saturated heterocycles. The van der Waals surface area contributed by atoms with Crippen LogP contribution in [0.4, 0.5) is 5.69 Å². The summed E-state index contributed by atoms with van der Waals surface area (Å²) in [5, 5.41) is 4.86. The van der Waals surface area contributed by atoms with E-state index in [-0.39, 0.29) is 24.5 Å². The number of Topliss-reactive ketones (excluding diaryl/α,β-unsaturated/α-hetero) is 1. The largest absolute Gasteiger partial charge is 0.371 e. The van der Waals surface area contributed by atoms with Gasteiger partial charge < -0.3 is 10.2 Å². The van der Waals surface area contributed by atoms with Crippen molar-refractivity contribution >= 4 is 28.7 Å². The summed E-state index contributed by atoms with van der Waals surface area (Å²) in [6.45, 7) is 2.69. The van der Waals surface area contributed by atoms with E-state index in [0.29, 0.717) is 12.5 Å². The minimum absolute atomic E-state index is 0.0296. The Morgan fingerprint density at radius 1 is 1.12 bits per heavy atom. The Bertz CT molecular complexity index is 670. The van der Waals surface area contributed by atoms with Crippen molar-refractivity contribution in [3.8, 4) is 0 Å². The standard InChI is InChI=1S/C19H22N2O2S/c22-17(18-7-4-12-24-18)8-9-19(23)20-13-15-10-11-21(14-15)16-5-2-1-3-6-16/h1-7,12,15H,8-11,13-14H2,(H,20,23). The van der Waals surface area contributed by atoms with Crippen molar-refractivity contribution in [2.45, 2.75) is 19.3 Å². The molecule has 1 aliphatic rings. The molecule has 0 bridgehead atoms. The van der Waals surface area contributed by atoms with Crippen molar-refractivity contribution in [3.63, 3.8) is 0 Å². The minimum Gasteiger partial charge on any atom is -0.371 e. The summed E-state index contributed by atoms with van der Waals surface area (Å²) in [4.78, 5) is 26.9. The molecule has 1 aliphatic heterocycles. The van der Waals surface area contributed by atoms with Crippen molar-refractivity contribution in [2.24, 2.45) is 5.92 Å². The molecular weight excluding hydrogens is 320 g/mol. The smallest absolute Gasteiger partial charge is 0.220 e. The molecule has 0 saturated carbocycles. The predicted molar refractivity (Wildman–Crippen MR) is 97.7 cm³/mol.